The van der Waals surface area contributed by atoms with Gasteiger partial charge in [0.15, 0.2) is 0 Å². The summed E-state index contributed by atoms with van der Waals surface area (Å²) in [6.45, 7) is 2.27. The second-order valence-electron chi connectivity index (χ2n) is 11.6. The number of nitriles is 1. The van der Waals surface area contributed by atoms with Gasteiger partial charge in [-0.2, -0.15) is 5.26 Å². The van der Waals surface area contributed by atoms with Crippen LogP contribution in [0.2, 0.25) is 0 Å². The molecule has 0 radical (unpaired) electrons. The second-order valence-corrected chi connectivity index (χ2v) is 13.3. The Morgan fingerprint density at radius 3 is 2.53 bits per heavy atom. The molecule has 11 heteroatoms. The molecule has 1 fully saturated rings. The third-order valence-corrected chi connectivity index (χ3v) is 9.59. The van der Waals surface area contributed by atoms with E-state index < -0.39 is 10.0 Å². The van der Waals surface area contributed by atoms with E-state index in [9.17, 15) is 13.7 Å². The van der Waals surface area contributed by atoms with Crippen LogP contribution in [-0.2, 0) is 22.3 Å². The monoisotopic (exact) mass is 617 g/mol. The summed E-state index contributed by atoms with van der Waals surface area (Å²) in [6.07, 6.45) is 1.90. The number of nitrogens with zero attached hydrogens (tertiary/aromatic N) is 6. The summed E-state index contributed by atoms with van der Waals surface area (Å²) in [6, 6.07) is 28.3. The van der Waals surface area contributed by atoms with Gasteiger partial charge in [-0.15, -0.1) is 10.2 Å². The Bertz CT molecular complexity index is 2160. The molecule has 3 aromatic carbocycles. The molecule has 0 aliphatic carbocycles. The van der Waals surface area contributed by atoms with E-state index in [-0.39, 0.29) is 11.7 Å². The van der Waals surface area contributed by atoms with Crippen molar-refractivity contribution in [3.05, 3.63) is 108 Å². The number of fused-ring (bicyclic) bond motifs is 2. The first kappa shape index (κ1) is 28.7. The highest BCUT2D eigenvalue weighted by atomic mass is 32.2. The van der Waals surface area contributed by atoms with E-state index in [0.717, 1.165) is 47.7 Å². The molecular formula is C34H31N7O3S. The predicted molar refractivity (Wildman–Crippen MR) is 173 cm³/mol. The lowest BCUT2D eigenvalue weighted by atomic mass is 9.97. The molecule has 1 aliphatic heterocycles. The number of hydrogen-bond acceptors (Lipinski definition) is 8. The largest absolute Gasteiger partial charge is 0.419 e. The van der Waals surface area contributed by atoms with Gasteiger partial charge >= 0.3 is 0 Å². The molecule has 10 nitrogen and oxygen atoms in total. The van der Waals surface area contributed by atoms with E-state index in [1.165, 1.54) is 0 Å². The third-order valence-electron chi connectivity index (χ3n) is 8.33. The van der Waals surface area contributed by atoms with Crippen LogP contribution in [0.5, 0.6) is 0 Å². The smallest absolute Gasteiger partial charge is 0.264 e. The van der Waals surface area contributed by atoms with E-state index in [4.69, 9.17) is 4.42 Å². The number of piperidine rings is 1. The van der Waals surface area contributed by atoms with Crippen LogP contribution in [0.3, 0.4) is 0 Å². The summed E-state index contributed by atoms with van der Waals surface area (Å²) in [7, 11) is -1.57. The number of sulfonamides is 1. The van der Waals surface area contributed by atoms with Crippen molar-refractivity contribution in [2.24, 2.45) is 0 Å². The number of benzene rings is 3. The number of nitrogens with one attached hydrogen (secondary N) is 1. The minimum Gasteiger partial charge on any atom is -0.419 e. The molecule has 6 aromatic rings. The van der Waals surface area contributed by atoms with Crippen molar-refractivity contribution in [3.8, 4) is 17.7 Å². The summed E-state index contributed by atoms with van der Waals surface area (Å²) in [5.41, 5.74) is 3.60. The lowest BCUT2D eigenvalue weighted by Gasteiger charge is -2.26. The molecule has 45 heavy (non-hydrogen) atoms. The average Bonchev–Trinajstić information content (AvgIpc) is 3.66. The molecular weight excluding hydrogens is 586 g/mol. The van der Waals surface area contributed by atoms with Gasteiger partial charge in [0, 0.05) is 17.0 Å². The molecule has 3 aromatic heterocycles. The van der Waals surface area contributed by atoms with E-state index in [1.54, 1.807) is 18.2 Å². The van der Waals surface area contributed by atoms with Gasteiger partial charge in [-0.25, -0.2) is 13.4 Å². The first-order chi connectivity index (χ1) is 21.8. The third kappa shape index (κ3) is 6.02. The molecule has 4 heterocycles. The zero-order chi connectivity index (χ0) is 31.0. The van der Waals surface area contributed by atoms with Crippen molar-refractivity contribution >= 4 is 37.5 Å². The lowest BCUT2D eigenvalue weighted by Crippen LogP contribution is -2.29. The Morgan fingerprint density at radius 1 is 0.956 bits per heavy atom. The number of anilines is 1. The Morgan fingerprint density at radius 2 is 1.73 bits per heavy atom. The van der Waals surface area contributed by atoms with Gasteiger partial charge < -0.3 is 13.9 Å². The number of aromatic nitrogens is 4. The molecule has 0 spiro atoms. The van der Waals surface area contributed by atoms with Crippen molar-refractivity contribution in [2.75, 3.05) is 24.9 Å². The van der Waals surface area contributed by atoms with Gasteiger partial charge in [-0.05, 0) is 85.2 Å². The lowest BCUT2D eigenvalue weighted by molar-refractivity contribution is 0.237. The van der Waals surface area contributed by atoms with Gasteiger partial charge in [0.25, 0.3) is 5.89 Å². The fourth-order valence-corrected chi connectivity index (χ4v) is 7.23. The molecule has 0 amide bonds. The highest BCUT2D eigenvalue weighted by Crippen LogP contribution is 2.33. The van der Waals surface area contributed by atoms with Gasteiger partial charge in [0.2, 0.25) is 15.9 Å². The Balaban J connectivity index is 1.30. The van der Waals surface area contributed by atoms with E-state index in [0.29, 0.717) is 46.6 Å². The van der Waals surface area contributed by atoms with Crippen molar-refractivity contribution in [1.82, 2.24) is 24.6 Å². The van der Waals surface area contributed by atoms with Crippen molar-refractivity contribution < 1.29 is 12.8 Å². The molecule has 0 unspecified atom stereocenters. The first-order valence-corrected chi connectivity index (χ1v) is 16.5. The Kier molecular flexibility index (Phi) is 7.53. The first-order valence-electron chi connectivity index (χ1n) is 14.8. The Labute approximate surface area is 261 Å². The van der Waals surface area contributed by atoms with Crippen LogP contribution in [-0.4, -0.2) is 53.2 Å². The highest BCUT2D eigenvalue weighted by molar-refractivity contribution is 7.91. The SMILES string of the molecule is CN1CCC(c2nnc(-c3cc4ccc(C#N)nc4n3Cc3cc(NS(=O)(=O)Cc4ccccc4)cc4ccccc34)o2)CC1. The molecule has 1 N–H and O–H groups in total. The normalized spacial score (nSPS) is 14.6. The molecule has 0 bridgehead atoms. The van der Waals surface area contributed by atoms with Crippen molar-refractivity contribution in [1.29, 1.82) is 5.26 Å². The maximum Gasteiger partial charge on any atom is 0.264 e. The van der Waals surface area contributed by atoms with Gasteiger partial charge in [-0.1, -0.05) is 54.6 Å². The van der Waals surface area contributed by atoms with Gasteiger partial charge in [-0.3, -0.25) is 4.72 Å². The fourth-order valence-electron chi connectivity index (χ4n) is 6.04. The average molecular weight is 618 g/mol. The van der Waals surface area contributed by atoms with Crippen LogP contribution >= 0.6 is 0 Å². The molecule has 7 rings (SSSR count). The van der Waals surface area contributed by atoms with Crippen LogP contribution in [0.4, 0.5) is 5.69 Å². The number of rotatable bonds is 8. The number of likely N-dealkylation sites (tertiary alicyclic amines) is 1. The minimum absolute atomic E-state index is 0.139. The van der Waals surface area contributed by atoms with Crippen LogP contribution < -0.4 is 4.72 Å². The molecule has 1 aliphatic rings. The molecule has 0 saturated carbocycles. The summed E-state index contributed by atoms with van der Waals surface area (Å²) in [5.74, 6) is 1.07. The quantitative estimate of drug-likeness (QED) is 0.223. The minimum atomic E-state index is -3.68. The number of hydrogen-bond donors (Lipinski definition) is 1. The fraction of sp³-hybridized carbons (Fsp3) is 0.235. The van der Waals surface area contributed by atoms with Crippen molar-refractivity contribution in [3.63, 3.8) is 0 Å². The highest BCUT2D eigenvalue weighted by Gasteiger charge is 2.26. The summed E-state index contributed by atoms with van der Waals surface area (Å²) < 4.78 is 37.4. The molecule has 226 valence electrons. The zero-order valence-corrected chi connectivity index (χ0v) is 25.5. The van der Waals surface area contributed by atoms with Crippen LogP contribution in [0, 0.1) is 11.3 Å². The molecule has 1 saturated heterocycles. The maximum absolute atomic E-state index is 13.2. The van der Waals surface area contributed by atoms with Gasteiger partial charge in [0.05, 0.1) is 12.3 Å². The number of pyridine rings is 1. The second kappa shape index (κ2) is 11.8. The standard InChI is InChI=1S/C34H31N7O3S/c1-40-15-13-24(14-16-40)33-37-38-34(44-33)31-19-26-11-12-28(20-35)36-32(26)41(31)21-27-18-29(17-25-9-5-6-10-30(25)27)39-45(42,43)22-23-7-3-2-4-8-23/h2-12,17-19,24,39H,13-16,21-22H2,1H3. The van der Waals surface area contributed by atoms with E-state index in [1.807, 2.05) is 71.3 Å². The summed E-state index contributed by atoms with van der Waals surface area (Å²) >= 11 is 0. The summed E-state index contributed by atoms with van der Waals surface area (Å²) in [4.78, 5) is 6.94. The van der Waals surface area contributed by atoms with Crippen LogP contribution in [0.15, 0.2) is 89.3 Å². The molecule has 0 atom stereocenters. The van der Waals surface area contributed by atoms with Crippen molar-refractivity contribution in [2.45, 2.75) is 31.1 Å². The zero-order valence-electron chi connectivity index (χ0n) is 24.7. The van der Waals surface area contributed by atoms with E-state index in [2.05, 4.69) is 37.9 Å². The Hall–Kier alpha value is -5.05. The van der Waals surface area contributed by atoms with Gasteiger partial charge in [0.1, 0.15) is 23.1 Å². The maximum atomic E-state index is 13.2. The van der Waals surface area contributed by atoms with Crippen LogP contribution in [0.25, 0.3) is 33.4 Å². The predicted octanol–water partition coefficient (Wildman–Crippen LogP) is 5.91. The summed E-state index contributed by atoms with van der Waals surface area (Å²) in [5, 5.41) is 21.2. The van der Waals surface area contributed by atoms with E-state index >= 15 is 0 Å². The topological polar surface area (TPSA) is 130 Å². The van der Waals surface area contributed by atoms with Crippen LogP contribution in [0.1, 0.15) is 41.5 Å².